The number of benzene rings is 1. The summed E-state index contributed by atoms with van der Waals surface area (Å²) in [5.74, 6) is 0.472. The van der Waals surface area contributed by atoms with E-state index in [0.29, 0.717) is 11.4 Å². The van der Waals surface area contributed by atoms with E-state index in [-0.39, 0.29) is 5.91 Å². The van der Waals surface area contributed by atoms with Gasteiger partial charge >= 0.3 is 0 Å². The molecule has 5 nitrogen and oxygen atoms in total. The van der Waals surface area contributed by atoms with Crippen LogP contribution < -0.4 is 10.1 Å². The fourth-order valence-corrected chi connectivity index (χ4v) is 2.96. The molecular weight excluding hydrogens is 286 g/mol. The Morgan fingerprint density at radius 2 is 2.14 bits per heavy atom. The highest BCUT2D eigenvalue weighted by molar-refractivity contribution is 7.21. The summed E-state index contributed by atoms with van der Waals surface area (Å²) in [7, 11) is 3.20. The fourth-order valence-electron chi connectivity index (χ4n) is 1.96. The van der Waals surface area contributed by atoms with Crippen molar-refractivity contribution in [3.63, 3.8) is 0 Å². The molecule has 106 valence electrons. The first-order valence-corrected chi connectivity index (χ1v) is 7.16. The number of methoxy groups -OCH3 is 1. The minimum absolute atomic E-state index is 0.0991. The zero-order valence-electron chi connectivity index (χ0n) is 11.6. The van der Waals surface area contributed by atoms with Crippen LogP contribution in [0.1, 0.15) is 10.4 Å². The normalized spacial score (nSPS) is 10.6. The Bertz CT molecular complexity index is 796. The minimum atomic E-state index is -0.0991. The number of rotatable bonds is 3. The second kappa shape index (κ2) is 5.49. The maximum absolute atomic E-state index is 11.7. The Balaban J connectivity index is 2.01. The van der Waals surface area contributed by atoms with Crippen LogP contribution in [-0.4, -0.2) is 30.0 Å². The van der Waals surface area contributed by atoms with Crippen molar-refractivity contribution in [2.24, 2.45) is 0 Å². The van der Waals surface area contributed by atoms with Crippen molar-refractivity contribution < 1.29 is 9.53 Å². The number of amides is 1. The molecule has 0 radical (unpaired) electrons. The third kappa shape index (κ3) is 2.57. The van der Waals surface area contributed by atoms with Crippen LogP contribution in [0.25, 0.3) is 20.8 Å². The summed E-state index contributed by atoms with van der Waals surface area (Å²) in [6.07, 6.45) is 1.73. The molecular formula is C15H13N3O2S. The third-order valence-corrected chi connectivity index (χ3v) is 4.14. The standard InChI is InChI=1S/C15H13N3O2S/c1-16-14(19)9-3-5-11-12(7-9)21-15(18-11)10-4-6-13(20-2)17-8-10/h3-8H,1-2H3,(H,16,19). The highest BCUT2D eigenvalue weighted by Crippen LogP contribution is 2.30. The lowest BCUT2D eigenvalue weighted by molar-refractivity contribution is 0.0963. The Morgan fingerprint density at radius 1 is 1.29 bits per heavy atom. The lowest BCUT2D eigenvalue weighted by atomic mass is 10.2. The van der Waals surface area contributed by atoms with E-state index in [1.54, 1.807) is 32.5 Å². The van der Waals surface area contributed by atoms with Crippen molar-refractivity contribution in [1.29, 1.82) is 0 Å². The van der Waals surface area contributed by atoms with Crippen molar-refractivity contribution in [2.75, 3.05) is 14.2 Å². The molecule has 1 N–H and O–H groups in total. The number of nitrogens with one attached hydrogen (secondary N) is 1. The summed E-state index contributed by atoms with van der Waals surface area (Å²) in [4.78, 5) is 20.4. The molecule has 1 amide bonds. The number of ether oxygens (including phenoxy) is 1. The van der Waals surface area contributed by atoms with Crippen molar-refractivity contribution in [3.8, 4) is 16.5 Å². The molecule has 0 unspecified atom stereocenters. The summed E-state index contributed by atoms with van der Waals surface area (Å²) in [5, 5.41) is 3.49. The van der Waals surface area contributed by atoms with Gasteiger partial charge in [0, 0.05) is 30.4 Å². The van der Waals surface area contributed by atoms with E-state index >= 15 is 0 Å². The Hall–Kier alpha value is -2.47. The van der Waals surface area contributed by atoms with Gasteiger partial charge in [0.1, 0.15) is 5.01 Å². The lowest BCUT2D eigenvalue weighted by Crippen LogP contribution is -2.17. The summed E-state index contributed by atoms with van der Waals surface area (Å²) in [5.41, 5.74) is 2.44. The molecule has 3 rings (SSSR count). The van der Waals surface area contributed by atoms with Crippen molar-refractivity contribution in [3.05, 3.63) is 42.1 Å². The Labute approximate surface area is 125 Å². The van der Waals surface area contributed by atoms with Gasteiger partial charge in [-0.25, -0.2) is 9.97 Å². The number of nitrogens with zero attached hydrogens (tertiary/aromatic N) is 2. The number of aromatic nitrogens is 2. The molecule has 0 fully saturated rings. The molecule has 0 bridgehead atoms. The summed E-state index contributed by atoms with van der Waals surface area (Å²) < 4.78 is 6.02. The molecule has 0 aliphatic carbocycles. The van der Waals surface area contributed by atoms with Crippen LogP contribution in [0.5, 0.6) is 5.88 Å². The number of fused-ring (bicyclic) bond motifs is 1. The van der Waals surface area contributed by atoms with Gasteiger partial charge in [-0.2, -0.15) is 0 Å². The Kier molecular flexibility index (Phi) is 3.53. The molecule has 0 saturated heterocycles. The van der Waals surface area contributed by atoms with Gasteiger partial charge in [0.25, 0.3) is 5.91 Å². The van der Waals surface area contributed by atoms with Crippen LogP contribution in [0.4, 0.5) is 0 Å². The summed E-state index contributed by atoms with van der Waals surface area (Å²) in [6, 6.07) is 9.21. The third-order valence-electron chi connectivity index (χ3n) is 3.07. The number of thiazole rings is 1. The smallest absolute Gasteiger partial charge is 0.251 e. The van der Waals surface area contributed by atoms with Gasteiger partial charge in [0.2, 0.25) is 5.88 Å². The summed E-state index contributed by atoms with van der Waals surface area (Å²) >= 11 is 1.53. The fraction of sp³-hybridized carbons (Fsp3) is 0.133. The molecule has 1 aromatic carbocycles. The zero-order chi connectivity index (χ0) is 14.8. The van der Waals surface area contributed by atoms with E-state index < -0.39 is 0 Å². The van der Waals surface area contributed by atoms with Crippen LogP contribution in [0.3, 0.4) is 0 Å². The number of carbonyl (C=O) groups excluding carboxylic acids is 1. The van der Waals surface area contributed by atoms with Gasteiger partial charge in [0.15, 0.2) is 0 Å². The first-order valence-electron chi connectivity index (χ1n) is 6.34. The van der Waals surface area contributed by atoms with E-state index in [0.717, 1.165) is 20.8 Å². The predicted molar refractivity (Wildman–Crippen MR) is 82.8 cm³/mol. The minimum Gasteiger partial charge on any atom is -0.481 e. The molecule has 6 heteroatoms. The number of pyridine rings is 1. The van der Waals surface area contributed by atoms with Crippen molar-refractivity contribution >= 4 is 27.5 Å². The van der Waals surface area contributed by atoms with Gasteiger partial charge in [0.05, 0.1) is 17.3 Å². The van der Waals surface area contributed by atoms with E-state index in [4.69, 9.17) is 4.74 Å². The van der Waals surface area contributed by atoms with Gasteiger partial charge in [-0.05, 0) is 24.3 Å². The van der Waals surface area contributed by atoms with Crippen LogP contribution in [0.15, 0.2) is 36.5 Å². The SMILES string of the molecule is CNC(=O)c1ccc2nc(-c3ccc(OC)nc3)sc2c1. The van der Waals surface area contributed by atoms with Gasteiger partial charge in [-0.3, -0.25) is 4.79 Å². The second-order valence-electron chi connectivity index (χ2n) is 4.37. The average Bonchev–Trinajstić information content (AvgIpc) is 2.97. The second-order valence-corrected chi connectivity index (χ2v) is 5.40. The van der Waals surface area contributed by atoms with Crippen LogP contribution in [-0.2, 0) is 0 Å². The molecule has 0 aliphatic rings. The van der Waals surface area contributed by atoms with Gasteiger partial charge < -0.3 is 10.1 Å². The summed E-state index contributed by atoms with van der Waals surface area (Å²) in [6.45, 7) is 0. The number of hydrogen-bond donors (Lipinski definition) is 1. The van der Waals surface area contributed by atoms with Crippen LogP contribution in [0.2, 0.25) is 0 Å². The van der Waals surface area contributed by atoms with E-state index in [2.05, 4.69) is 15.3 Å². The molecule has 0 saturated carbocycles. The highest BCUT2D eigenvalue weighted by atomic mass is 32.1. The monoisotopic (exact) mass is 299 g/mol. The topological polar surface area (TPSA) is 64.1 Å². The van der Waals surface area contributed by atoms with Crippen molar-refractivity contribution in [1.82, 2.24) is 15.3 Å². The highest BCUT2D eigenvalue weighted by Gasteiger charge is 2.10. The first-order chi connectivity index (χ1) is 10.2. The van der Waals surface area contributed by atoms with Crippen LogP contribution in [0, 0.1) is 0 Å². The van der Waals surface area contributed by atoms with Crippen molar-refractivity contribution in [2.45, 2.75) is 0 Å². The molecule has 0 aliphatic heterocycles. The molecule has 21 heavy (non-hydrogen) atoms. The zero-order valence-corrected chi connectivity index (χ0v) is 12.4. The molecule has 2 aromatic heterocycles. The van der Waals surface area contributed by atoms with Gasteiger partial charge in [-0.15, -0.1) is 11.3 Å². The molecule has 3 aromatic rings. The number of hydrogen-bond acceptors (Lipinski definition) is 5. The lowest BCUT2D eigenvalue weighted by Gasteiger charge is -1.98. The Morgan fingerprint density at radius 3 is 2.81 bits per heavy atom. The van der Waals surface area contributed by atoms with Gasteiger partial charge in [-0.1, -0.05) is 0 Å². The molecule has 0 atom stereocenters. The first kappa shape index (κ1) is 13.5. The van der Waals surface area contributed by atoms with E-state index in [9.17, 15) is 4.79 Å². The van der Waals surface area contributed by atoms with E-state index in [1.807, 2.05) is 18.2 Å². The van der Waals surface area contributed by atoms with Crippen LogP contribution >= 0.6 is 11.3 Å². The van der Waals surface area contributed by atoms with E-state index in [1.165, 1.54) is 11.3 Å². The maximum Gasteiger partial charge on any atom is 0.251 e. The largest absolute Gasteiger partial charge is 0.481 e. The quantitative estimate of drug-likeness (QED) is 0.807. The predicted octanol–water partition coefficient (Wildman–Crippen LogP) is 2.73. The molecule has 0 spiro atoms. The number of carbonyl (C=O) groups is 1. The maximum atomic E-state index is 11.7. The average molecular weight is 299 g/mol. The molecule has 2 heterocycles.